The van der Waals surface area contributed by atoms with Crippen LogP contribution in [0.4, 0.5) is 4.79 Å². The number of aromatic amines is 1. The van der Waals surface area contributed by atoms with Crippen molar-refractivity contribution in [2.24, 2.45) is 0 Å². The fourth-order valence-corrected chi connectivity index (χ4v) is 3.61. The smallest absolute Gasteiger partial charge is 0.407 e. The van der Waals surface area contributed by atoms with E-state index in [0.29, 0.717) is 13.1 Å². The fraction of sp³-hybridized carbons (Fsp3) is 0.308. The van der Waals surface area contributed by atoms with E-state index in [1.165, 1.54) is 4.90 Å². The molecule has 0 aliphatic carbocycles. The Morgan fingerprint density at radius 1 is 1.53 bits per heavy atom. The van der Waals surface area contributed by atoms with Crippen LogP contribution in [0.1, 0.15) is 11.3 Å². The number of H-pyrrole nitrogens is 1. The number of aromatic nitrogens is 1. The Balaban J connectivity index is 2.17. The Morgan fingerprint density at radius 3 is 3.00 bits per heavy atom. The van der Waals surface area contributed by atoms with Crippen molar-refractivity contribution >= 4 is 40.4 Å². The molecular formula is C13H13ClN2O2S. The van der Waals surface area contributed by atoms with Gasteiger partial charge in [-0.05, 0) is 12.3 Å². The number of fused-ring (bicyclic) bond motifs is 3. The first-order chi connectivity index (χ1) is 9.11. The molecule has 6 heteroatoms. The minimum atomic E-state index is -0.862. The van der Waals surface area contributed by atoms with Gasteiger partial charge in [-0.15, -0.1) is 11.8 Å². The number of hydrogen-bond acceptors (Lipinski definition) is 2. The van der Waals surface area contributed by atoms with E-state index >= 15 is 0 Å². The molecule has 0 saturated carbocycles. The summed E-state index contributed by atoms with van der Waals surface area (Å²) in [4.78, 5) is 17.0. The Labute approximate surface area is 119 Å². The van der Waals surface area contributed by atoms with Gasteiger partial charge in [0.1, 0.15) is 0 Å². The van der Waals surface area contributed by atoms with Crippen LogP contribution in [0.5, 0.6) is 0 Å². The number of nitrogens with zero attached hydrogens (tertiary/aromatic N) is 1. The lowest BCUT2D eigenvalue weighted by Crippen LogP contribution is -2.34. The highest BCUT2D eigenvalue weighted by molar-refractivity contribution is 7.99. The summed E-state index contributed by atoms with van der Waals surface area (Å²) in [5.41, 5.74) is 3.23. The van der Waals surface area contributed by atoms with Crippen LogP contribution < -0.4 is 0 Å². The standard InChI is InChI=1S/C13H13ClN2O2S/c1-19-12-9(14)3-2-7-8-6-16(13(17)18)5-4-10(8)15-11(7)12/h2-3,15H,4-6H2,1H3,(H,17,18). The van der Waals surface area contributed by atoms with Crippen molar-refractivity contribution in [2.45, 2.75) is 17.9 Å². The fourth-order valence-electron chi connectivity index (χ4n) is 2.60. The third-order valence-corrected chi connectivity index (χ3v) is 4.79. The van der Waals surface area contributed by atoms with Gasteiger partial charge in [-0.2, -0.15) is 0 Å². The van der Waals surface area contributed by atoms with Gasteiger partial charge in [0.05, 0.1) is 17.1 Å². The second-order valence-corrected chi connectivity index (χ2v) is 5.76. The number of halogens is 1. The first kappa shape index (κ1) is 12.7. The normalized spacial score (nSPS) is 14.7. The van der Waals surface area contributed by atoms with Crippen LogP contribution in [0.25, 0.3) is 10.9 Å². The van der Waals surface area contributed by atoms with Gasteiger partial charge >= 0.3 is 6.09 Å². The molecule has 4 nitrogen and oxygen atoms in total. The van der Waals surface area contributed by atoms with E-state index in [-0.39, 0.29) is 0 Å². The maximum Gasteiger partial charge on any atom is 0.407 e. The molecule has 0 fully saturated rings. The summed E-state index contributed by atoms with van der Waals surface area (Å²) in [6.07, 6.45) is 1.85. The van der Waals surface area contributed by atoms with Crippen LogP contribution in [-0.4, -0.2) is 33.9 Å². The molecule has 1 aromatic carbocycles. The Morgan fingerprint density at radius 2 is 2.32 bits per heavy atom. The first-order valence-electron chi connectivity index (χ1n) is 5.95. The minimum Gasteiger partial charge on any atom is -0.465 e. The lowest BCUT2D eigenvalue weighted by Gasteiger charge is -2.24. The van der Waals surface area contributed by atoms with Crippen molar-refractivity contribution in [1.29, 1.82) is 0 Å². The molecule has 1 amide bonds. The highest BCUT2D eigenvalue weighted by atomic mass is 35.5. The monoisotopic (exact) mass is 296 g/mol. The van der Waals surface area contributed by atoms with Crippen LogP contribution >= 0.6 is 23.4 Å². The summed E-state index contributed by atoms with van der Waals surface area (Å²) >= 11 is 7.80. The number of carbonyl (C=O) groups is 1. The molecule has 2 aromatic rings. The summed E-state index contributed by atoms with van der Waals surface area (Å²) < 4.78 is 0. The largest absolute Gasteiger partial charge is 0.465 e. The van der Waals surface area contributed by atoms with Gasteiger partial charge < -0.3 is 15.0 Å². The number of hydrogen-bond donors (Lipinski definition) is 2. The third kappa shape index (κ3) is 1.97. The SMILES string of the molecule is CSc1c(Cl)ccc2c3c([nH]c12)CCN(C(=O)O)C3. The number of carboxylic acid groups (broad SMARTS) is 1. The summed E-state index contributed by atoms with van der Waals surface area (Å²) in [6, 6.07) is 3.85. The molecule has 3 rings (SSSR count). The molecule has 0 unspecified atom stereocenters. The zero-order valence-corrected chi connectivity index (χ0v) is 11.9. The molecule has 1 aromatic heterocycles. The third-order valence-electron chi connectivity index (χ3n) is 3.53. The lowest BCUT2D eigenvalue weighted by atomic mass is 10.1. The van der Waals surface area contributed by atoms with E-state index in [2.05, 4.69) is 4.98 Å². The molecule has 0 bridgehead atoms. The molecule has 1 aliphatic heterocycles. The highest BCUT2D eigenvalue weighted by Crippen LogP contribution is 2.37. The lowest BCUT2D eigenvalue weighted by molar-refractivity contribution is 0.140. The predicted molar refractivity (Wildman–Crippen MR) is 77.2 cm³/mol. The minimum absolute atomic E-state index is 0.445. The van der Waals surface area contributed by atoms with Gasteiger partial charge in [-0.25, -0.2) is 4.79 Å². The molecular weight excluding hydrogens is 284 g/mol. The summed E-state index contributed by atoms with van der Waals surface area (Å²) in [5.74, 6) is 0. The highest BCUT2D eigenvalue weighted by Gasteiger charge is 2.24. The van der Waals surface area contributed by atoms with Crippen LogP contribution in [0.2, 0.25) is 5.02 Å². The number of nitrogens with one attached hydrogen (secondary N) is 1. The Bertz CT molecular complexity index is 668. The quantitative estimate of drug-likeness (QED) is 0.791. The maximum atomic E-state index is 11.1. The molecule has 0 atom stereocenters. The molecule has 2 heterocycles. The molecule has 1 aliphatic rings. The summed E-state index contributed by atoms with van der Waals surface area (Å²) in [7, 11) is 0. The number of thioether (sulfide) groups is 1. The van der Waals surface area contributed by atoms with Crippen molar-refractivity contribution in [2.75, 3.05) is 12.8 Å². The van der Waals surface area contributed by atoms with Crippen molar-refractivity contribution < 1.29 is 9.90 Å². The maximum absolute atomic E-state index is 11.1. The van der Waals surface area contributed by atoms with Crippen LogP contribution in [0.3, 0.4) is 0 Å². The van der Waals surface area contributed by atoms with Crippen LogP contribution in [0, 0.1) is 0 Å². The van der Waals surface area contributed by atoms with Crippen molar-refractivity contribution in [1.82, 2.24) is 9.88 Å². The van der Waals surface area contributed by atoms with Crippen molar-refractivity contribution in [3.8, 4) is 0 Å². The van der Waals surface area contributed by atoms with E-state index in [1.54, 1.807) is 11.8 Å². The van der Waals surface area contributed by atoms with Gasteiger partial charge in [-0.3, -0.25) is 0 Å². The molecule has 0 spiro atoms. The number of amides is 1. The summed E-state index contributed by atoms with van der Waals surface area (Å²) in [6.45, 7) is 0.984. The van der Waals surface area contributed by atoms with E-state index in [1.807, 2.05) is 18.4 Å². The Kier molecular flexibility index (Phi) is 3.11. The van der Waals surface area contributed by atoms with Crippen molar-refractivity contribution in [3.05, 3.63) is 28.4 Å². The van der Waals surface area contributed by atoms with E-state index in [9.17, 15) is 4.79 Å². The van der Waals surface area contributed by atoms with E-state index < -0.39 is 6.09 Å². The zero-order chi connectivity index (χ0) is 13.6. The topological polar surface area (TPSA) is 56.3 Å². The number of rotatable bonds is 1. The first-order valence-corrected chi connectivity index (χ1v) is 7.56. The average Bonchev–Trinajstić information content (AvgIpc) is 2.75. The van der Waals surface area contributed by atoms with Gasteiger partial charge in [-0.1, -0.05) is 17.7 Å². The van der Waals surface area contributed by atoms with Gasteiger partial charge in [0.25, 0.3) is 0 Å². The van der Waals surface area contributed by atoms with Crippen molar-refractivity contribution in [3.63, 3.8) is 0 Å². The molecule has 0 radical (unpaired) electrons. The zero-order valence-electron chi connectivity index (χ0n) is 10.4. The van der Waals surface area contributed by atoms with E-state index in [4.69, 9.17) is 16.7 Å². The average molecular weight is 297 g/mol. The van der Waals surface area contributed by atoms with Gasteiger partial charge in [0.2, 0.25) is 0 Å². The predicted octanol–water partition coefficient (Wildman–Crippen LogP) is 3.58. The second-order valence-electron chi connectivity index (χ2n) is 4.54. The molecule has 2 N–H and O–H groups in total. The van der Waals surface area contributed by atoms with Gasteiger partial charge in [0, 0.05) is 34.5 Å². The summed E-state index contributed by atoms with van der Waals surface area (Å²) in [5, 5.41) is 10.9. The van der Waals surface area contributed by atoms with Gasteiger partial charge in [0.15, 0.2) is 0 Å². The molecule has 0 saturated heterocycles. The number of benzene rings is 1. The second kappa shape index (κ2) is 4.65. The Hall–Kier alpha value is -1.33. The van der Waals surface area contributed by atoms with Crippen LogP contribution in [0.15, 0.2) is 17.0 Å². The van der Waals surface area contributed by atoms with E-state index in [0.717, 1.165) is 38.5 Å². The molecule has 19 heavy (non-hydrogen) atoms. The molecule has 100 valence electrons. The van der Waals surface area contributed by atoms with Crippen LogP contribution in [-0.2, 0) is 13.0 Å².